The number of nitrogens with zero attached hydrogens (tertiary/aromatic N) is 1. The first kappa shape index (κ1) is 15.7. The SMILES string of the molecule is CS(=O)(=O)OCCCCCN1C(=O)c2ccccc2C1=O. The third kappa shape index (κ3) is 3.89. The normalized spacial score (nSPS) is 14.6. The third-order valence-corrected chi connectivity index (χ3v) is 3.80. The summed E-state index contributed by atoms with van der Waals surface area (Å²) in [5, 5.41) is 0. The molecule has 0 aliphatic carbocycles. The Kier molecular flexibility index (Phi) is 4.74. The number of carbonyl (C=O) groups is 2. The Bertz CT molecular complexity index is 618. The highest BCUT2D eigenvalue weighted by Crippen LogP contribution is 2.22. The zero-order valence-corrected chi connectivity index (χ0v) is 12.6. The van der Waals surface area contributed by atoms with Crippen molar-refractivity contribution in [2.45, 2.75) is 19.3 Å². The van der Waals surface area contributed by atoms with Crippen molar-refractivity contribution in [2.75, 3.05) is 19.4 Å². The molecule has 2 rings (SSSR count). The average molecular weight is 311 g/mol. The molecule has 7 heteroatoms. The maximum atomic E-state index is 12.1. The molecule has 0 saturated heterocycles. The Morgan fingerprint density at radius 2 is 1.57 bits per heavy atom. The van der Waals surface area contributed by atoms with E-state index < -0.39 is 10.1 Å². The van der Waals surface area contributed by atoms with E-state index in [4.69, 9.17) is 0 Å². The largest absolute Gasteiger partial charge is 0.274 e. The van der Waals surface area contributed by atoms with Gasteiger partial charge in [0.05, 0.1) is 24.0 Å². The van der Waals surface area contributed by atoms with E-state index in [1.807, 2.05) is 0 Å². The number of rotatable bonds is 7. The predicted molar refractivity (Wildman–Crippen MR) is 76.5 cm³/mol. The van der Waals surface area contributed by atoms with Crippen LogP contribution in [-0.4, -0.2) is 44.5 Å². The maximum Gasteiger partial charge on any atom is 0.264 e. The molecule has 1 heterocycles. The minimum atomic E-state index is -3.40. The van der Waals surface area contributed by atoms with Gasteiger partial charge in [0, 0.05) is 6.54 Å². The van der Waals surface area contributed by atoms with Gasteiger partial charge in [0.15, 0.2) is 0 Å². The number of hydrogen-bond acceptors (Lipinski definition) is 5. The van der Waals surface area contributed by atoms with Crippen LogP contribution in [0.3, 0.4) is 0 Å². The number of benzene rings is 1. The zero-order chi connectivity index (χ0) is 15.5. The van der Waals surface area contributed by atoms with Gasteiger partial charge in [-0.05, 0) is 31.4 Å². The van der Waals surface area contributed by atoms with Crippen LogP contribution in [0.5, 0.6) is 0 Å². The second-order valence-corrected chi connectivity index (χ2v) is 6.54. The van der Waals surface area contributed by atoms with Gasteiger partial charge >= 0.3 is 0 Å². The highest BCUT2D eigenvalue weighted by atomic mass is 32.2. The molecule has 1 aliphatic rings. The first-order valence-corrected chi connectivity index (χ1v) is 8.51. The number of carbonyl (C=O) groups excluding carboxylic acids is 2. The first-order chi connectivity index (χ1) is 9.90. The number of unbranched alkanes of at least 4 members (excludes halogenated alkanes) is 2. The van der Waals surface area contributed by atoms with Gasteiger partial charge in [-0.2, -0.15) is 8.42 Å². The Morgan fingerprint density at radius 3 is 2.10 bits per heavy atom. The second kappa shape index (κ2) is 6.36. The Labute approximate surface area is 123 Å². The Hall–Kier alpha value is -1.73. The van der Waals surface area contributed by atoms with Gasteiger partial charge in [-0.1, -0.05) is 12.1 Å². The summed E-state index contributed by atoms with van der Waals surface area (Å²) in [5.74, 6) is -0.522. The lowest BCUT2D eigenvalue weighted by molar-refractivity contribution is 0.0651. The lowest BCUT2D eigenvalue weighted by Gasteiger charge is -2.13. The molecular weight excluding hydrogens is 294 g/mol. The summed E-state index contributed by atoms with van der Waals surface area (Å²) in [7, 11) is -3.40. The summed E-state index contributed by atoms with van der Waals surface area (Å²) in [6.07, 6.45) is 2.88. The maximum absolute atomic E-state index is 12.1. The van der Waals surface area contributed by atoms with Crippen molar-refractivity contribution in [1.29, 1.82) is 0 Å². The Balaban J connectivity index is 1.78. The van der Waals surface area contributed by atoms with E-state index >= 15 is 0 Å². The minimum Gasteiger partial charge on any atom is -0.274 e. The van der Waals surface area contributed by atoms with E-state index in [1.54, 1.807) is 24.3 Å². The van der Waals surface area contributed by atoms with Crippen molar-refractivity contribution in [1.82, 2.24) is 4.90 Å². The second-order valence-electron chi connectivity index (χ2n) is 4.89. The van der Waals surface area contributed by atoms with Gasteiger partial charge in [0.1, 0.15) is 0 Å². The smallest absolute Gasteiger partial charge is 0.264 e. The molecule has 0 unspecified atom stereocenters. The molecule has 0 saturated carbocycles. The third-order valence-electron chi connectivity index (χ3n) is 3.20. The van der Waals surface area contributed by atoms with Crippen molar-refractivity contribution in [3.8, 4) is 0 Å². The van der Waals surface area contributed by atoms with Crippen LogP contribution in [0.4, 0.5) is 0 Å². The van der Waals surface area contributed by atoms with Crippen LogP contribution in [0, 0.1) is 0 Å². The van der Waals surface area contributed by atoms with Crippen LogP contribution in [-0.2, 0) is 14.3 Å². The lowest BCUT2D eigenvalue weighted by atomic mass is 10.1. The van der Waals surface area contributed by atoms with Crippen LogP contribution in [0.15, 0.2) is 24.3 Å². The van der Waals surface area contributed by atoms with Crippen molar-refractivity contribution < 1.29 is 22.2 Å². The van der Waals surface area contributed by atoms with E-state index in [1.165, 1.54) is 4.90 Å². The fourth-order valence-corrected chi connectivity index (χ4v) is 2.62. The topological polar surface area (TPSA) is 80.8 Å². The number of imide groups is 1. The highest BCUT2D eigenvalue weighted by Gasteiger charge is 2.34. The predicted octanol–water partition coefficient (Wildman–Crippen LogP) is 1.43. The lowest BCUT2D eigenvalue weighted by Crippen LogP contribution is -2.30. The molecule has 114 valence electrons. The van der Waals surface area contributed by atoms with Crippen molar-refractivity contribution >= 4 is 21.9 Å². The van der Waals surface area contributed by atoms with Gasteiger partial charge in [-0.3, -0.25) is 18.7 Å². The van der Waals surface area contributed by atoms with Gasteiger partial charge in [0.2, 0.25) is 0 Å². The van der Waals surface area contributed by atoms with Crippen LogP contribution < -0.4 is 0 Å². The van der Waals surface area contributed by atoms with E-state index in [9.17, 15) is 18.0 Å². The van der Waals surface area contributed by atoms with Crippen molar-refractivity contribution in [3.05, 3.63) is 35.4 Å². The molecule has 6 nitrogen and oxygen atoms in total. The van der Waals surface area contributed by atoms with Gasteiger partial charge < -0.3 is 0 Å². The molecule has 0 fully saturated rings. The van der Waals surface area contributed by atoms with E-state index in [-0.39, 0.29) is 18.4 Å². The number of amides is 2. The molecular formula is C14H17NO5S. The summed E-state index contributed by atoms with van der Waals surface area (Å²) in [5.41, 5.74) is 0.894. The molecule has 1 aliphatic heterocycles. The molecule has 0 bridgehead atoms. The molecule has 0 N–H and O–H groups in total. The number of hydrogen-bond donors (Lipinski definition) is 0. The fourth-order valence-electron chi connectivity index (χ4n) is 2.20. The molecule has 21 heavy (non-hydrogen) atoms. The summed E-state index contributed by atoms with van der Waals surface area (Å²) in [6, 6.07) is 6.76. The highest BCUT2D eigenvalue weighted by molar-refractivity contribution is 7.85. The van der Waals surface area contributed by atoms with Crippen LogP contribution in [0.25, 0.3) is 0 Å². The van der Waals surface area contributed by atoms with E-state index in [0.717, 1.165) is 6.26 Å². The van der Waals surface area contributed by atoms with Gasteiger partial charge in [0.25, 0.3) is 21.9 Å². The summed E-state index contributed by atoms with van der Waals surface area (Å²) < 4.78 is 26.1. The Morgan fingerprint density at radius 1 is 1.00 bits per heavy atom. The molecule has 1 aromatic carbocycles. The molecule has 0 spiro atoms. The summed E-state index contributed by atoms with van der Waals surface area (Å²) in [4.78, 5) is 25.4. The van der Waals surface area contributed by atoms with E-state index in [2.05, 4.69) is 4.18 Å². The van der Waals surface area contributed by atoms with Crippen LogP contribution in [0.1, 0.15) is 40.0 Å². The molecule has 0 aromatic heterocycles. The first-order valence-electron chi connectivity index (χ1n) is 6.70. The summed E-state index contributed by atoms with van der Waals surface area (Å²) >= 11 is 0. The zero-order valence-electron chi connectivity index (χ0n) is 11.7. The average Bonchev–Trinajstić information content (AvgIpc) is 2.66. The number of fused-ring (bicyclic) bond motifs is 1. The fraction of sp³-hybridized carbons (Fsp3) is 0.429. The minimum absolute atomic E-state index is 0.126. The van der Waals surface area contributed by atoms with Gasteiger partial charge in [-0.25, -0.2) is 0 Å². The standard InChI is InChI=1S/C14H17NO5S/c1-21(18,19)20-10-6-2-5-9-15-13(16)11-7-3-4-8-12(11)14(15)17/h3-4,7-8H,2,5-6,9-10H2,1H3. The molecule has 1 aromatic rings. The van der Waals surface area contributed by atoms with Crippen molar-refractivity contribution in [2.24, 2.45) is 0 Å². The van der Waals surface area contributed by atoms with Crippen LogP contribution >= 0.6 is 0 Å². The van der Waals surface area contributed by atoms with Gasteiger partial charge in [-0.15, -0.1) is 0 Å². The quantitative estimate of drug-likeness (QED) is 0.432. The van der Waals surface area contributed by atoms with Crippen LogP contribution in [0.2, 0.25) is 0 Å². The summed E-state index contributed by atoms with van der Waals surface area (Å²) in [6.45, 7) is 0.464. The molecule has 2 amide bonds. The molecule has 0 radical (unpaired) electrons. The molecule has 0 atom stereocenters. The monoisotopic (exact) mass is 311 g/mol. The van der Waals surface area contributed by atoms with Crippen molar-refractivity contribution in [3.63, 3.8) is 0 Å². The van der Waals surface area contributed by atoms with E-state index in [0.29, 0.717) is 36.9 Å².